The standard InChI is InChI=1S/C19H34N6O2/c1-4-5-25-13-17(12-20-25)21-19(26)23-8-6-22(7-9-23)14-18-15-24(16(2)3)10-11-27-18/h12-13,16,18H,4-11,14-15H2,1-3H3,(H,21,26). The average Bonchev–Trinajstić information content (AvgIpc) is 3.10. The van der Waals surface area contributed by atoms with Crippen molar-refractivity contribution in [2.45, 2.75) is 45.9 Å². The number of nitrogens with one attached hydrogen (secondary N) is 1. The zero-order chi connectivity index (χ0) is 19.2. The van der Waals surface area contributed by atoms with Gasteiger partial charge in [-0.2, -0.15) is 5.10 Å². The largest absolute Gasteiger partial charge is 0.374 e. The molecule has 3 heterocycles. The van der Waals surface area contributed by atoms with Gasteiger partial charge in [-0.3, -0.25) is 14.5 Å². The molecule has 1 aromatic rings. The van der Waals surface area contributed by atoms with E-state index in [0.29, 0.717) is 6.04 Å². The second-order valence-electron chi connectivity index (χ2n) is 7.79. The molecule has 0 aliphatic carbocycles. The van der Waals surface area contributed by atoms with Gasteiger partial charge in [0.2, 0.25) is 0 Å². The number of aryl methyl sites for hydroxylation is 1. The summed E-state index contributed by atoms with van der Waals surface area (Å²) in [5.41, 5.74) is 0.764. The molecule has 0 spiro atoms. The topological polar surface area (TPSA) is 65.9 Å². The number of piperazine rings is 1. The van der Waals surface area contributed by atoms with Crippen LogP contribution in [0.5, 0.6) is 0 Å². The van der Waals surface area contributed by atoms with E-state index in [4.69, 9.17) is 4.74 Å². The van der Waals surface area contributed by atoms with Crippen molar-refractivity contribution >= 4 is 11.7 Å². The lowest BCUT2D eigenvalue weighted by Gasteiger charge is -2.40. The number of urea groups is 1. The lowest BCUT2D eigenvalue weighted by Crippen LogP contribution is -2.54. The van der Waals surface area contributed by atoms with E-state index in [1.165, 1.54) is 0 Å². The molecular formula is C19H34N6O2. The minimum absolute atomic E-state index is 0.0365. The van der Waals surface area contributed by atoms with Crippen molar-refractivity contribution in [2.75, 3.05) is 57.7 Å². The van der Waals surface area contributed by atoms with E-state index < -0.39 is 0 Å². The highest BCUT2D eigenvalue weighted by atomic mass is 16.5. The van der Waals surface area contributed by atoms with Gasteiger partial charge in [-0.05, 0) is 20.3 Å². The van der Waals surface area contributed by atoms with Crippen molar-refractivity contribution in [3.8, 4) is 0 Å². The summed E-state index contributed by atoms with van der Waals surface area (Å²) in [6.07, 6.45) is 4.89. The summed E-state index contributed by atoms with van der Waals surface area (Å²) in [5, 5.41) is 7.22. The van der Waals surface area contributed by atoms with Crippen LogP contribution in [0, 0.1) is 0 Å². The number of morpholine rings is 1. The molecule has 0 bridgehead atoms. The molecule has 152 valence electrons. The first-order valence-electron chi connectivity index (χ1n) is 10.2. The molecule has 8 heteroatoms. The fourth-order valence-electron chi connectivity index (χ4n) is 3.73. The molecule has 2 aliphatic rings. The Morgan fingerprint density at radius 1 is 1.30 bits per heavy atom. The maximum atomic E-state index is 12.5. The number of anilines is 1. The Bertz CT molecular complexity index is 597. The number of carbonyl (C=O) groups is 1. The number of aromatic nitrogens is 2. The maximum absolute atomic E-state index is 12.5. The molecule has 2 saturated heterocycles. The first-order valence-corrected chi connectivity index (χ1v) is 10.2. The summed E-state index contributed by atoms with van der Waals surface area (Å²) in [6.45, 7) is 14.5. The Balaban J connectivity index is 1.41. The molecule has 1 atom stereocenters. The third-order valence-corrected chi connectivity index (χ3v) is 5.36. The molecule has 1 aromatic heterocycles. The average molecular weight is 379 g/mol. The lowest BCUT2D eigenvalue weighted by molar-refractivity contribution is -0.0551. The van der Waals surface area contributed by atoms with Crippen molar-refractivity contribution in [1.29, 1.82) is 0 Å². The second kappa shape index (κ2) is 9.52. The first kappa shape index (κ1) is 20.1. The van der Waals surface area contributed by atoms with Crippen LogP contribution in [0.15, 0.2) is 12.4 Å². The molecule has 3 rings (SSSR count). The summed E-state index contributed by atoms with van der Waals surface area (Å²) in [6, 6.07) is 0.532. The lowest BCUT2D eigenvalue weighted by atomic mass is 10.2. The summed E-state index contributed by atoms with van der Waals surface area (Å²) in [5.74, 6) is 0. The fourth-order valence-corrected chi connectivity index (χ4v) is 3.73. The monoisotopic (exact) mass is 378 g/mol. The summed E-state index contributed by atoms with van der Waals surface area (Å²) >= 11 is 0. The molecular weight excluding hydrogens is 344 g/mol. The van der Waals surface area contributed by atoms with Gasteiger partial charge in [-0.25, -0.2) is 4.79 Å². The summed E-state index contributed by atoms with van der Waals surface area (Å²) < 4.78 is 7.81. The van der Waals surface area contributed by atoms with E-state index in [0.717, 1.165) is 71.1 Å². The van der Waals surface area contributed by atoms with Gasteiger partial charge in [-0.1, -0.05) is 6.92 Å². The van der Waals surface area contributed by atoms with Gasteiger partial charge in [0.25, 0.3) is 0 Å². The van der Waals surface area contributed by atoms with Gasteiger partial charge in [0.1, 0.15) is 0 Å². The number of ether oxygens (including phenoxy) is 1. The van der Waals surface area contributed by atoms with Crippen LogP contribution in [0.1, 0.15) is 27.2 Å². The van der Waals surface area contributed by atoms with E-state index in [1.807, 2.05) is 15.8 Å². The minimum Gasteiger partial charge on any atom is -0.374 e. The maximum Gasteiger partial charge on any atom is 0.322 e. The summed E-state index contributed by atoms with van der Waals surface area (Å²) in [4.78, 5) is 19.3. The minimum atomic E-state index is -0.0365. The van der Waals surface area contributed by atoms with Crippen LogP contribution in [-0.4, -0.2) is 95.1 Å². The molecule has 27 heavy (non-hydrogen) atoms. The highest BCUT2D eigenvalue weighted by molar-refractivity contribution is 5.89. The fraction of sp³-hybridized carbons (Fsp3) is 0.789. The van der Waals surface area contributed by atoms with E-state index in [2.05, 4.69) is 41.0 Å². The SMILES string of the molecule is CCCn1cc(NC(=O)N2CCN(CC3CN(C(C)C)CCO3)CC2)cn1. The highest BCUT2D eigenvalue weighted by Gasteiger charge is 2.27. The molecule has 2 aliphatic heterocycles. The van der Waals surface area contributed by atoms with Gasteiger partial charge in [0.15, 0.2) is 0 Å². The second-order valence-corrected chi connectivity index (χ2v) is 7.79. The van der Waals surface area contributed by atoms with Crippen LogP contribution in [0.4, 0.5) is 10.5 Å². The highest BCUT2D eigenvalue weighted by Crippen LogP contribution is 2.13. The molecule has 0 aromatic carbocycles. The van der Waals surface area contributed by atoms with Crippen LogP contribution >= 0.6 is 0 Å². The molecule has 1 N–H and O–H groups in total. The van der Waals surface area contributed by atoms with Gasteiger partial charge in [-0.15, -0.1) is 0 Å². The zero-order valence-electron chi connectivity index (χ0n) is 16.9. The Hall–Kier alpha value is -1.64. The molecule has 2 amide bonds. The Morgan fingerprint density at radius 3 is 2.78 bits per heavy atom. The van der Waals surface area contributed by atoms with Crippen molar-refractivity contribution < 1.29 is 9.53 Å². The van der Waals surface area contributed by atoms with E-state index >= 15 is 0 Å². The molecule has 1 unspecified atom stereocenters. The number of hydrogen-bond acceptors (Lipinski definition) is 5. The number of hydrogen-bond donors (Lipinski definition) is 1. The normalized spacial score (nSPS) is 22.4. The Labute approximate surface area is 162 Å². The molecule has 2 fully saturated rings. The third kappa shape index (κ3) is 5.67. The number of nitrogens with zero attached hydrogens (tertiary/aromatic N) is 5. The quantitative estimate of drug-likeness (QED) is 0.814. The van der Waals surface area contributed by atoms with Crippen molar-refractivity contribution in [2.24, 2.45) is 0 Å². The molecule has 8 nitrogen and oxygen atoms in total. The number of amides is 2. The first-order chi connectivity index (χ1) is 13.0. The van der Waals surface area contributed by atoms with E-state index in [1.54, 1.807) is 6.20 Å². The zero-order valence-corrected chi connectivity index (χ0v) is 16.9. The van der Waals surface area contributed by atoms with E-state index in [-0.39, 0.29) is 12.1 Å². The predicted molar refractivity (Wildman–Crippen MR) is 106 cm³/mol. The van der Waals surface area contributed by atoms with Crippen molar-refractivity contribution in [3.63, 3.8) is 0 Å². The third-order valence-electron chi connectivity index (χ3n) is 5.36. The van der Waals surface area contributed by atoms with Crippen LogP contribution in [-0.2, 0) is 11.3 Å². The van der Waals surface area contributed by atoms with Crippen LogP contribution in [0.25, 0.3) is 0 Å². The van der Waals surface area contributed by atoms with Crippen LogP contribution < -0.4 is 5.32 Å². The van der Waals surface area contributed by atoms with Gasteiger partial charge in [0.05, 0.1) is 24.6 Å². The van der Waals surface area contributed by atoms with Crippen molar-refractivity contribution in [3.05, 3.63) is 12.4 Å². The Kier molecular flexibility index (Phi) is 7.09. The van der Waals surface area contributed by atoms with E-state index in [9.17, 15) is 4.79 Å². The molecule has 0 saturated carbocycles. The van der Waals surface area contributed by atoms with Crippen molar-refractivity contribution in [1.82, 2.24) is 24.5 Å². The van der Waals surface area contributed by atoms with Gasteiger partial charge >= 0.3 is 6.03 Å². The smallest absolute Gasteiger partial charge is 0.322 e. The predicted octanol–water partition coefficient (Wildman–Crippen LogP) is 1.55. The summed E-state index contributed by atoms with van der Waals surface area (Å²) in [7, 11) is 0. The van der Waals surface area contributed by atoms with Gasteiger partial charge < -0.3 is 15.0 Å². The van der Waals surface area contributed by atoms with Gasteiger partial charge in [0, 0.05) is 64.6 Å². The number of rotatable bonds is 6. The van der Waals surface area contributed by atoms with Crippen LogP contribution in [0.2, 0.25) is 0 Å². The molecule has 0 radical (unpaired) electrons. The van der Waals surface area contributed by atoms with Crippen LogP contribution in [0.3, 0.4) is 0 Å². The Morgan fingerprint density at radius 2 is 2.07 bits per heavy atom. The number of carbonyl (C=O) groups excluding carboxylic acids is 1.